The highest BCUT2D eigenvalue weighted by atomic mass is 79.9. The van der Waals surface area contributed by atoms with Gasteiger partial charge < -0.3 is 0 Å². The van der Waals surface area contributed by atoms with Gasteiger partial charge in [0.25, 0.3) is 11.4 Å². The molecule has 0 fully saturated rings. The molecule has 0 saturated heterocycles. The molecule has 0 heterocycles. The lowest BCUT2D eigenvalue weighted by Crippen LogP contribution is -2.11. The molecule has 0 aliphatic heterocycles. The Morgan fingerprint density at radius 1 is 0.595 bits per heavy atom. The number of nitrogens with zero attached hydrogens (tertiary/aromatic N) is 2. The quantitative estimate of drug-likeness (QED) is 0.150. The summed E-state index contributed by atoms with van der Waals surface area (Å²) >= 11 is 6.85. The second kappa shape index (κ2) is 10.9. The van der Waals surface area contributed by atoms with Crippen molar-refractivity contribution in [2.45, 2.75) is 22.6 Å². The molecule has 4 aromatic rings. The van der Waals surface area contributed by atoms with Gasteiger partial charge in [0.05, 0.1) is 19.6 Å². The molecule has 0 N–H and O–H groups in total. The highest BCUT2D eigenvalue weighted by Crippen LogP contribution is 2.37. The average molecular weight is 646 g/mol. The Hall–Kier alpha value is -3.41. The van der Waals surface area contributed by atoms with Crippen molar-refractivity contribution in [1.29, 1.82) is 0 Å². The molecule has 0 radical (unpaired) electrons. The minimum atomic E-state index is -4.15. The summed E-state index contributed by atoms with van der Waals surface area (Å²) in [5.41, 5.74) is 1.25. The minimum absolute atomic E-state index is 0.000629. The Kier molecular flexibility index (Phi) is 7.86. The Balaban J connectivity index is 1.87. The summed E-state index contributed by atoms with van der Waals surface area (Å²) < 4.78 is 29.2. The molecule has 4 aromatic carbocycles. The van der Waals surface area contributed by atoms with E-state index < -0.39 is 19.7 Å². The highest BCUT2D eigenvalue weighted by Gasteiger charge is 2.28. The lowest BCUT2D eigenvalue weighted by molar-refractivity contribution is -0.385. The van der Waals surface area contributed by atoms with Gasteiger partial charge in [0.2, 0.25) is 9.84 Å². The van der Waals surface area contributed by atoms with E-state index in [2.05, 4.69) is 31.9 Å². The topological polar surface area (TPSA) is 120 Å². The van der Waals surface area contributed by atoms with Crippen molar-refractivity contribution >= 4 is 53.1 Å². The number of sulfone groups is 1. The smallest absolute Gasteiger partial charge is 0.258 e. The molecule has 0 bridgehead atoms. The second-order valence-electron chi connectivity index (χ2n) is 8.06. The zero-order chi connectivity index (χ0) is 26.7. The van der Waals surface area contributed by atoms with Crippen LogP contribution in [0.25, 0.3) is 0 Å². The van der Waals surface area contributed by atoms with Gasteiger partial charge in [0.1, 0.15) is 0 Å². The largest absolute Gasteiger partial charge is 0.272 e. The van der Waals surface area contributed by atoms with Gasteiger partial charge in [-0.15, -0.1) is 0 Å². The van der Waals surface area contributed by atoms with E-state index in [1.807, 2.05) is 0 Å². The SMILES string of the molecule is O=[N+]([O-])c1ccccc1Cc1c(Br)cccc1S(=O)(=O)c1cccc(Br)c1Cc1ccccc1[N+](=O)[O-]. The van der Waals surface area contributed by atoms with E-state index in [9.17, 15) is 28.6 Å². The predicted molar refractivity (Wildman–Crippen MR) is 146 cm³/mol. The van der Waals surface area contributed by atoms with E-state index in [-0.39, 0.29) is 34.0 Å². The van der Waals surface area contributed by atoms with Crippen LogP contribution in [0.2, 0.25) is 0 Å². The van der Waals surface area contributed by atoms with Gasteiger partial charge in [-0.2, -0.15) is 0 Å². The van der Waals surface area contributed by atoms with Gasteiger partial charge in [-0.1, -0.05) is 80.4 Å². The summed E-state index contributed by atoms with van der Waals surface area (Å²) in [5, 5.41) is 23.1. The minimum Gasteiger partial charge on any atom is -0.258 e. The summed E-state index contributed by atoms with van der Waals surface area (Å²) in [7, 11) is -4.15. The number of hydrogen-bond donors (Lipinski definition) is 0. The Morgan fingerprint density at radius 3 is 1.35 bits per heavy atom. The lowest BCUT2D eigenvalue weighted by Gasteiger charge is -2.16. The van der Waals surface area contributed by atoms with Crippen molar-refractivity contribution in [2.75, 3.05) is 0 Å². The fourth-order valence-corrected chi connectivity index (χ4v) is 7.14. The number of benzene rings is 4. The third-order valence-electron chi connectivity index (χ3n) is 5.84. The highest BCUT2D eigenvalue weighted by molar-refractivity contribution is 9.10. The average Bonchev–Trinajstić information content (AvgIpc) is 2.86. The molecular formula is C26H18Br2N2O6S. The van der Waals surface area contributed by atoms with Crippen LogP contribution in [0.1, 0.15) is 22.3 Å². The van der Waals surface area contributed by atoms with Crippen LogP contribution in [0.3, 0.4) is 0 Å². The molecule has 0 aromatic heterocycles. The summed E-state index contributed by atoms with van der Waals surface area (Å²) in [6.07, 6.45) is 0.00126. The third-order valence-corrected chi connectivity index (χ3v) is 9.25. The van der Waals surface area contributed by atoms with Gasteiger partial charge in [-0.25, -0.2) is 8.42 Å². The number of nitro groups is 2. The van der Waals surface area contributed by atoms with Crippen LogP contribution in [0, 0.1) is 20.2 Å². The van der Waals surface area contributed by atoms with Gasteiger partial charge in [-0.3, -0.25) is 20.2 Å². The number of para-hydroxylation sites is 2. The van der Waals surface area contributed by atoms with Crippen LogP contribution in [-0.2, 0) is 22.7 Å². The molecule has 0 saturated carbocycles. The molecule has 0 spiro atoms. The predicted octanol–water partition coefficient (Wildman–Crippen LogP) is 7.04. The molecule has 8 nitrogen and oxygen atoms in total. The first-order valence-corrected chi connectivity index (χ1v) is 13.9. The monoisotopic (exact) mass is 644 g/mol. The molecule has 0 unspecified atom stereocenters. The molecule has 0 aliphatic rings. The van der Waals surface area contributed by atoms with Crippen LogP contribution in [0.4, 0.5) is 11.4 Å². The lowest BCUT2D eigenvalue weighted by atomic mass is 10.0. The van der Waals surface area contributed by atoms with E-state index >= 15 is 0 Å². The van der Waals surface area contributed by atoms with Crippen LogP contribution < -0.4 is 0 Å². The zero-order valence-corrected chi connectivity index (χ0v) is 23.0. The first-order chi connectivity index (χ1) is 17.6. The summed E-state index contributed by atoms with van der Waals surface area (Å²) in [5.74, 6) is 0. The van der Waals surface area contributed by atoms with Crippen LogP contribution in [0.5, 0.6) is 0 Å². The number of halogens is 2. The molecule has 0 aliphatic carbocycles. The molecular weight excluding hydrogens is 628 g/mol. The van der Waals surface area contributed by atoms with E-state index in [0.29, 0.717) is 31.2 Å². The maximum Gasteiger partial charge on any atom is 0.272 e. The number of hydrogen-bond acceptors (Lipinski definition) is 6. The molecule has 37 heavy (non-hydrogen) atoms. The van der Waals surface area contributed by atoms with Gasteiger partial charge >= 0.3 is 0 Å². The normalized spacial score (nSPS) is 11.3. The molecule has 11 heteroatoms. The Morgan fingerprint density at radius 2 is 0.973 bits per heavy atom. The van der Waals surface area contributed by atoms with Crippen molar-refractivity contribution < 1.29 is 18.3 Å². The second-order valence-corrected chi connectivity index (χ2v) is 11.7. The summed E-state index contributed by atoms with van der Waals surface area (Å²) in [6, 6.07) is 21.8. The van der Waals surface area contributed by atoms with Crippen molar-refractivity contribution in [3.8, 4) is 0 Å². The molecule has 0 amide bonds. The van der Waals surface area contributed by atoms with E-state index in [0.717, 1.165) is 0 Å². The standard InChI is InChI=1S/C26H18Br2N2O6S/c27-21-9-5-13-25(19(21)15-17-7-1-3-11-23(17)29(31)32)37(35,36)26-14-6-10-22(28)20(26)16-18-8-2-4-12-24(18)30(33)34/h1-14H,15-16H2. The maximum absolute atomic E-state index is 14.1. The fraction of sp³-hybridized carbons (Fsp3) is 0.0769. The third kappa shape index (κ3) is 5.48. The van der Waals surface area contributed by atoms with Crippen molar-refractivity contribution in [3.05, 3.63) is 136 Å². The number of nitro benzene ring substituents is 2. The van der Waals surface area contributed by atoms with Crippen LogP contribution >= 0.6 is 31.9 Å². The molecule has 188 valence electrons. The van der Waals surface area contributed by atoms with Crippen molar-refractivity contribution in [2.24, 2.45) is 0 Å². The summed E-state index contributed by atoms with van der Waals surface area (Å²) in [6.45, 7) is 0. The first-order valence-electron chi connectivity index (χ1n) is 10.9. The first kappa shape index (κ1) is 26.6. The van der Waals surface area contributed by atoms with Crippen LogP contribution in [-0.4, -0.2) is 18.3 Å². The molecule has 0 atom stereocenters. The van der Waals surface area contributed by atoms with Crippen LogP contribution in [0.15, 0.2) is 104 Å². The maximum atomic E-state index is 14.1. The van der Waals surface area contributed by atoms with E-state index in [4.69, 9.17) is 0 Å². The van der Waals surface area contributed by atoms with Crippen molar-refractivity contribution in [3.63, 3.8) is 0 Å². The van der Waals surface area contributed by atoms with Crippen molar-refractivity contribution in [1.82, 2.24) is 0 Å². The van der Waals surface area contributed by atoms with Gasteiger partial charge in [0.15, 0.2) is 0 Å². The Bertz CT molecular complexity index is 1530. The van der Waals surface area contributed by atoms with Gasteiger partial charge in [-0.05, 0) is 35.4 Å². The number of rotatable bonds is 8. The fourth-order valence-electron chi connectivity index (χ4n) is 4.10. The van der Waals surface area contributed by atoms with E-state index in [1.54, 1.807) is 60.7 Å². The Labute approximate surface area is 229 Å². The van der Waals surface area contributed by atoms with E-state index in [1.165, 1.54) is 24.3 Å². The van der Waals surface area contributed by atoms with Gasteiger partial charge in [0, 0.05) is 45.0 Å². The zero-order valence-electron chi connectivity index (χ0n) is 19.0. The summed E-state index contributed by atoms with van der Waals surface area (Å²) in [4.78, 5) is 22.1. The molecule has 4 rings (SSSR count).